The van der Waals surface area contributed by atoms with Crippen molar-refractivity contribution in [3.05, 3.63) is 71.1 Å². The van der Waals surface area contributed by atoms with Crippen LogP contribution >= 0.6 is 0 Å². The predicted molar refractivity (Wildman–Crippen MR) is 105 cm³/mol. The summed E-state index contributed by atoms with van der Waals surface area (Å²) in [6, 6.07) is 5.59. The Bertz CT molecular complexity index is 1160. The molecule has 0 atom stereocenters. The summed E-state index contributed by atoms with van der Waals surface area (Å²) < 4.78 is 66.0. The van der Waals surface area contributed by atoms with Crippen molar-refractivity contribution in [1.82, 2.24) is 10.2 Å². The first-order valence-electron chi connectivity index (χ1n) is 8.85. The summed E-state index contributed by atoms with van der Waals surface area (Å²) in [6.45, 7) is 0.199. The number of hydrogen-bond acceptors (Lipinski definition) is 4. The van der Waals surface area contributed by atoms with Gasteiger partial charge in [-0.2, -0.15) is 18.3 Å². The number of amides is 3. The molecular formula is C19H15F5N6O2. The van der Waals surface area contributed by atoms with E-state index in [4.69, 9.17) is 5.73 Å². The average molecular weight is 454 g/mol. The molecule has 0 fully saturated rings. The zero-order valence-corrected chi connectivity index (χ0v) is 16.0. The average Bonchev–Trinajstić information content (AvgIpc) is 3.17. The van der Waals surface area contributed by atoms with Crippen LogP contribution in [0.15, 0.2) is 42.6 Å². The normalized spacial score (nSPS) is 11.2. The first kappa shape index (κ1) is 22.5. The number of carbonyl (C=O) groups excluding carboxylic acids is 2. The fourth-order valence-corrected chi connectivity index (χ4v) is 2.74. The first-order valence-corrected chi connectivity index (χ1v) is 8.85. The van der Waals surface area contributed by atoms with Gasteiger partial charge in [-0.15, -0.1) is 0 Å². The second-order valence-electron chi connectivity index (χ2n) is 6.46. The number of aromatic amines is 1. The van der Waals surface area contributed by atoms with Crippen molar-refractivity contribution in [2.45, 2.75) is 12.7 Å². The summed E-state index contributed by atoms with van der Waals surface area (Å²) in [5.41, 5.74) is 3.61. The number of alkyl halides is 3. The number of nitrogens with two attached hydrogens (primary N) is 1. The minimum Gasteiger partial charge on any atom is -0.378 e. The highest BCUT2D eigenvalue weighted by Gasteiger charge is 2.36. The van der Waals surface area contributed by atoms with Crippen molar-refractivity contribution in [1.29, 1.82) is 0 Å². The molecule has 3 amide bonds. The molecule has 0 saturated heterocycles. The van der Waals surface area contributed by atoms with Crippen molar-refractivity contribution in [3.8, 4) is 0 Å². The number of urea groups is 1. The molecule has 0 saturated carbocycles. The van der Waals surface area contributed by atoms with Gasteiger partial charge in [0, 0.05) is 24.5 Å². The number of aromatic nitrogens is 2. The number of nitrogens with one attached hydrogen (secondary N) is 4. The fourth-order valence-electron chi connectivity index (χ4n) is 2.74. The number of hydrogen-bond donors (Lipinski definition) is 5. The Morgan fingerprint density at radius 1 is 1.06 bits per heavy atom. The Morgan fingerprint density at radius 3 is 2.50 bits per heavy atom. The van der Waals surface area contributed by atoms with Gasteiger partial charge in [0.2, 0.25) is 0 Å². The van der Waals surface area contributed by atoms with Crippen LogP contribution in [0.1, 0.15) is 21.6 Å². The quantitative estimate of drug-likeness (QED) is 0.360. The second kappa shape index (κ2) is 8.91. The van der Waals surface area contributed by atoms with E-state index in [2.05, 4.69) is 20.8 Å². The molecule has 0 spiro atoms. The smallest absolute Gasteiger partial charge is 0.378 e. The lowest BCUT2D eigenvalue weighted by Crippen LogP contribution is -2.21. The molecular weight excluding hydrogens is 439 g/mol. The lowest BCUT2D eigenvalue weighted by Gasteiger charge is -2.13. The van der Waals surface area contributed by atoms with Crippen LogP contribution in [-0.2, 0) is 12.7 Å². The van der Waals surface area contributed by atoms with E-state index < -0.39 is 41.0 Å². The number of H-pyrrole nitrogens is 1. The fraction of sp³-hybridized carbons (Fsp3) is 0.105. The molecule has 3 aromatic rings. The summed E-state index contributed by atoms with van der Waals surface area (Å²) in [6.07, 6.45) is -3.71. The van der Waals surface area contributed by atoms with Crippen LogP contribution in [-0.4, -0.2) is 22.1 Å². The van der Waals surface area contributed by atoms with Gasteiger partial charge in [-0.05, 0) is 23.8 Å². The van der Waals surface area contributed by atoms with Crippen LogP contribution in [0.2, 0.25) is 0 Å². The highest BCUT2D eigenvalue weighted by atomic mass is 19.4. The summed E-state index contributed by atoms with van der Waals surface area (Å²) in [5.74, 6) is -3.91. The Hall–Kier alpha value is -4.16. The third-order valence-corrected chi connectivity index (χ3v) is 4.13. The molecule has 3 rings (SSSR count). The molecule has 0 bridgehead atoms. The summed E-state index contributed by atoms with van der Waals surface area (Å²) in [7, 11) is 0. The highest BCUT2D eigenvalue weighted by Crippen LogP contribution is 2.34. The molecule has 168 valence electrons. The number of carbonyl (C=O) groups is 2. The molecule has 0 aliphatic rings. The van der Waals surface area contributed by atoms with Gasteiger partial charge >= 0.3 is 12.2 Å². The maximum Gasteiger partial charge on any atom is 0.419 e. The van der Waals surface area contributed by atoms with Crippen LogP contribution in [0.4, 0.5) is 43.8 Å². The molecule has 0 aliphatic carbocycles. The molecule has 32 heavy (non-hydrogen) atoms. The molecule has 1 heterocycles. The standard InChI is InChI=1S/C19H15F5N6O2/c20-10-5-12(19(22,23)24)15(21)13(6-10)29-18(32)28-11-3-1-2-9(4-11)7-26-14-8-27-30-16(14)17(25)31/h1-6,8,26H,7H2,(H2,25,31)(H,27,30)(H2,28,29,32). The molecule has 1 aromatic heterocycles. The molecule has 6 N–H and O–H groups in total. The molecule has 13 heteroatoms. The largest absolute Gasteiger partial charge is 0.419 e. The third-order valence-electron chi connectivity index (χ3n) is 4.13. The first-order chi connectivity index (χ1) is 15.0. The van der Waals surface area contributed by atoms with E-state index in [9.17, 15) is 31.5 Å². The maximum atomic E-state index is 14.1. The van der Waals surface area contributed by atoms with E-state index >= 15 is 0 Å². The van der Waals surface area contributed by atoms with Gasteiger partial charge < -0.3 is 21.7 Å². The summed E-state index contributed by atoms with van der Waals surface area (Å²) >= 11 is 0. The Balaban J connectivity index is 1.68. The predicted octanol–water partition coefficient (Wildman–Crippen LogP) is 4.06. The number of halogens is 5. The van der Waals surface area contributed by atoms with Gasteiger partial charge in [0.15, 0.2) is 11.5 Å². The summed E-state index contributed by atoms with van der Waals surface area (Å²) in [5, 5.41) is 13.3. The van der Waals surface area contributed by atoms with Gasteiger partial charge in [-0.25, -0.2) is 13.6 Å². The zero-order valence-electron chi connectivity index (χ0n) is 16.0. The number of benzene rings is 2. The third kappa shape index (κ3) is 5.30. The van der Waals surface area contributed by atoms with E-state index in [0.717, 1.165) is 0 Å². The van der Waals surface area contributed by atoms with E-state index in [0.29, 0.717) is 17.3 Å². The Kier molecular flexibility index (Phi) is 6.27. The second-order valence-corrected chi connectivity index (χ2v) is 6.46. The van der Waals surface area contributed by atoms with Gasteiger partial charge in [0.25, 0.3) is 5.91 Å². The van der Waals surface area contributed by atoms with Gasteiger partial charge in [0.05, 0.1) is 16.9 Å². The van der Waals surface area contributed by atoms with Crippen molar-refractivity contribution >= 4 is 29.0 Å². The molecule has 0 radical (unpaired) electrons. The van der Waals surface area contributed by atoms with E-state index in [1.807, 2.05) is 5.32 Å². The zero-order chi connectivity index (χ0) is 23.5. The highest BCUT2D eigenvalue weighted by molar-refractivity contribution is 6.00. The van der Waals surface area contributed by atoms with E-state index in [1.54, 1.807) is 12.1 Å². The van der Waals surface area contributed by atoms with Crippen LogP contribution in [0.3, 0.4) is 0 Å². The van der Waals surface area contributed by atoms with Gasteiger partial charge in [-0.1, -0.05) is 12.1 Å². The van der Waals surface area contributed by atoms with Crippen molar-refractivity contribution in [2.24, 2.45) is 5.73 Å². The molecule has 0 unspecified atom stereocenters. The molecule has 0 aliphatic heterocycles. The lowest BCUT2D eigenvalue weighted by molar-refractivity contribution is -0.140. The van der Waals surface area contributed by atoms with Crippen LogP contribution in [0, 0.1) is 11.6 Å². The van der Waals surface area contributed by atoms with Gasteiger partial charge in [-0.3, -0.25) is 9.89 Å². The van der Waals surface area contributed by atoms with Crippen molar-refractivity contribution in [2.75, 3.05) is 16.0 Å². The molecule has 8 nitrogen and oxygen atoms in total. The number of rotatable bonds is 6. The topological polar surface area (TPSA) is 125 Å². The van der Waals surface area contributed by atoms with E-state index in [-0.39, 0.29) is 24.0 Å². The number of primary amides is 1. The van der Waals surface area contributed by atoms with Crippen LogP contribution in [0.25, 0.3) is 0 Å². The molecule has 2 aromatic carbocycles. The van der Waals surface area contributed by atoms with Crippen LogP contribution < -0.4 is 21.7 Å². The minimum atomic E-state index is -5.14. The summed E-state index contributed by atoms with van der Waals surface area (Å²) in [4.78, 5) is 23.4. The Morgan fingerprint density at radius 2 is 1.81 bits per heavy atom. The minimum absolute atomic E-state index is 0.00144. The maximum absolute atomic E-state index is 14.1. The SMILES string of the molecule is NC(=O)c1n[nH]cc1NCc1cccc(NC(=O)Nc2cc(F)cc(C(F)(F)F)c2F)c1. The monoisotopic (exact) mass is 454 g/mol. The van der Waals surface area contributed by atoms with Crippen LogP contribution in [0.5, 0.6) is 0 Å². The Labute approximate surface area is 177 Å². The number of anilines is 3. The van der Waals surface area contributed by atoms with Crippen molar-refractivity contribution in [3.63, 3.8) is 0 Å². The van der Waals surface area contributed by atoms with Crippen molar-refractivity contribution < 1.29 is 31.5 Å². The number of nitrogens with zero attached hydrogens (tertiary/aromatic N) is 1. The lowest BCUT2D eigenvalue weighted by atomic mass is 10.1. The van der Waals surface area contributed by atoms with Gasteiger partial charge in [0.1, 0.15) is 5.82 Å². The van der Waals surface area contributed by atoms with E-state index in [1.165, 1.54) is 18.3 Å².